The van der Waals surface area contributed by atoms with E-state index in [4.69, 9.17) is 4.74 Å². The van der Waals surface area contributed by atoms with Crippen molar-refractivity contribution in [1.82, 2.24) is 0 Å². The highest BCUT2D eigenvalue weighted by Gasteiger charge is 2.37. The molecule has 78 valence electrons. The second kappa shape index (κ2) is 3.65. The summed E-state index contributed by atoms with van der Waals surface area (Å²) in [4.78, 5) is 0. The Morgan fingerprint density at radius 2 is 1.86 bits per heavy atom. The zero-order valence-corrected chi connectivity index (χ0v) is 8.87. The van der Waals surface area contributed by atoms with Crippen LogP contribution in [0.3, 0.4) is 0 Å². The fourth-order valence-corrected chi connectivity index (χ4v) is 3.20. The van der Waals surface area contributed by atoms with Gasteiger partial charge in [-0.3, -0.25) is 0 Å². The van der Waals surface area contributed by atoms with Crippen molar-refractivity contribution < 1.29 is 9.31 Å². The van der Waals surface area contributed by atoms with Crippen LogP contribution in [-0.4, -0.2) is 35.6 Å². The molecule has 2 atom stereocenters. The first-order valence-electron chi connectivity index (χ1n) is 6.19. The van der Waals surface area contributed by atoms with Gasteiger partial charge in [0.1, 0.15) is 19.2 Å². The molecule has 0 amide bonds. The zero-order valence-electron chi connectivity index (χ0n) is 8.87. The first-order valence-corrected chi connectivity index (χ1v) is 6.19. The number of fused-ring (bicyclic) bond motifs is 2. The summed E-state index contributed by atoms with van der Waals surface area (Å²) in [7, 11) is 0. The van der Waals surface area contributed by atoms with Gasteiger partial charge in [0.15, 0.2) is 5.71 Å². The summed E-state index contributed by atoms with van der Waals surface area (Å²) in [6, 6.07) is 0. The summed E-state index contributed by atoms with van der Waals surface area (Å²) < 4.78 is 8.68. The number of hydrogen-bond acceptors (Lipinski definition) is 1. The highest BCUT2D eigenvalue weighted by molar-refractivity contribution is 5.84. The minimum atomic E-state index is 0.501. The molecule has 2 bridgehead atoms. The van der Waals surface area contributed by atoms with Crippen LogP contribution in [0.5, 0.6) is 0 Å². The van der Waals surface area contributed by atoms with Gasteiger partial charge in [-0.1, -0.05) is 0 Å². The number of hydrogen-bond donors (Lipinski definition) is 0. The Hall–Kier alpha value is -0.370. The van der Waals surface area contributed by atoms with Gasteiger partial charge >= 0.3 is 0 Å². The zero-order chi connectivity index (χ0) is 9.38. The molecule has 0 aromatic heterocycles. The maximum absolute atomic E-state index is 6.07. The lowest BCUT2D eigenvalue weighted by Gasteiger charge is -2.09. The van der Waals surface area contributed by atoms with Gasteiger partial charge in [-0.05, 0) is 25.7 Å². The topological polar surface area (TPSA) is 12.2 Å². The molecule has 2 nitrogen and oxygen atoms in total. The molecule has 0 saturated carbocycles. The van der Waals surface area contributed by atoms with E-state index in [1.54, 1.807) is 5.71 Å². The third-order valence-corrected chi connectivity index (χ3v) is 3.95. The van der Waals surface area contributed by atoms with Crippen molar-refractivity contribution in [2.24, 2.45) is 0 Å². The van der Waals surface area contributed by atoms with Gasteiger partial charge < -0.3 is 4.74 Å². The minimum absolute atomic E-state index is 0.501. The van der Waals surface area contributed by atoms with Crippen molar-refractivity contribution in [2.75, 3.05) is 13.1 Å². The second-order valence-corrected chi connectivity index (χ2v) is 4.90. The fraction of sp³-hybridized carbons (Fsp3) is 0.917. The standard InChI is InChI=1S/C12H20NO/c1-2-9-13(8-1)11-5-3-4-10-6-7-12(11)14-10/h10,12H,1-9H2/q+1. The lowest BCUT2D eigenvalue weighted by Crippen LogP contribution is -2.29. The summed E-state index contributed by atoms with van der Waals surface area (Å²) in [6.07, 6.45) is 10.4. The Morgan fingerprint density at radius 3 is 2.71 bits per heavy atom. The lowest BCUT2D eigenvalue weighted by atomic mass is 9.99. The van der Waals surface area contributed by atoms with Crippen LogP contribution in [0.25, 0.3) is 0 Å². The van der Waals surface area contributed by atoms with Crippen LogP contribution in [0.4, 0.5) is 0 Å². The molecule has 0 spiro atoms. The Bertz CT molecular complexity index is 251. The molecule has 0 aromatic rings. The average Bonchev–Trinajstić information content (AvgIpc) is 2.76. The molecule has 3 fully saturated rings. The third-order valence-electron chi connectivity index (χ3n) is 3.95. The summed E-state index contributed by atoms with van der Waals surface area (Å²) in [6.45, 7) is 2.58. The van der Waals surface area contributed by atoms with Gasteiger partial charge in [0.25, 0.3) is 0 Å². The van der Waals surface area contributed by atoms with Crippen molar-refractivity contribution in [3.05, 3.63) is 0 Å². The first kappa shape index (κ1) is 8.90. The van der Waals surface area contributed by atoms with E-state index in [0.717, 1.165) is 0 Å². The lowest BCUT2D eigenvalue weighted by molar-refractivity contribution is -0.510. The summed E-state index contributed by atoms with van der Waals surface area (Å²) in [5, 5.41) is 0. The van der Waals surface area contributed by atoms with Gasteiger partial charge in [-0.25, -0.2) is 4.58 Å². The molecular formula is C12H20NO+. The third kappa shape index (κ3) is 1.50. The van der Waals surface area contributed by atoms with Gasteiger partial charge in [0, 0.05) is 19.3 Å². The molecule has 2 heteroatoms. The molecule has 0 aliphatic carbocycles. The van der Waals surface area contributed by atoms with E-state index in [9.17, 15) is 0 Å². The van der Waals surface area contributed by atoms with E-state index in [1.165, 1.54) is 58.0 Å². The molecule has 3 rings (SSSR count). The van der Waals surface area contributed by atoms with Crippen LogP contribution in [0.1, 0.15) is 44.9 Å². The van der Waals surface area contributed by atoms with Crippen LogP contribution in [0.2, 0.25) is 0 Å². The summed E-state index contributed by atoms with van der Waals surface area (Å²) in [5.41, 5.74) is 1.64. The van der Waals surface area contributed by atoms with E-state index < -0.39 is 0 Å². The molecule has 3 saturated heterocycles. The normalized spacial score (nSPS) is 37.7. The second-order valence-electron chi connectivity index (χ2n) is 4.90. The molecule has 3 aliphatic heterocycles. The first-order chi connectivity index (χ1) is 6.93. The van der Waals surface area contributed by atoms with E-state index >= 15 is 0 Å². The maximum atomic E-state index is 6.07. The molecule has 0 aromatic carbocycles. The van der Waals surface area contributed by atoms with Gasteiger partial charge in [0.05, 0.1) is 6.10 Å². The number of ether oxygens (including phenoxy) is 1. The van der Waals surface area contributed by atoms with Gasteiger partial charge in [-0.15, -0.1) is 0 Å². The largest absolute Gasteiger partial charge is 0.364 e. The molecular weight excluding hydrogens is 174 g/mol. The van der Waals surface area contributed by atoms with Crippen LogP contribution in [-0.2, 0) is 4.74 Å². The Balaban J connectivity index is 1.86. The van der Waals surface area contributed by atoms with Crippen molar-refractivity contribution >= 4 is 5.71 Å². The smallest absolute Gasteiger partial charge is 0.181 e. The van der Waals surface area contributed by atoms with Crippen molar-refractivity contribution in [2.45, 2.75) is 57.2 Å². The highest BCUT2D eigenvalue weighted by Crippen LogP contribution is 2.30. The molecule has 3 heterocycles. The van der Waals surface area contributed by atoms with E-state index in [2.05, 4.69) is 4.58 Å². The highest BCUT2D eigenvalue weighted by atomic mass is 16.5. The van der Waals surface area contributed by atoms with Crippen LogP contribution < -0.4 is 0 Å². The minimum Gasteiger partial charge on any atom is -0.364 e. The fourth-order valence-electron chi connectivity index (χ4n) is 3.20. The predicted molar refractivity (Wildman–Crippen MR) is 56.0 cm³/mol. The quantitative estimate of drug-likeness (QED) is 0.537. The molecule has 0 radical (unpaired) electrons. The van der Waals surface area contributed by atoms with Crippen LogP contribution >= 0.6 is 0 Å². The van der Waals surface area contributed by atoms with E-state index in [1.807, 2.05) is 0 Å². The Morgan fingerprint density at radius 1 is 1.00 bits per heavy atom. The summed E-state index contributed by atoms with van der Waals surface area (Å²) in [5.74, 6) is 0. The van der Waals surface area contributed by atoms with E-state index in [0.29, 0.717) is 12.2 Å². The summed E-state index contributed by atoms with van der Waals surface area (Å²) >= 11 is 0. The van der Waals surface area contributed by atoms with Crippen LogP contribution in [0.15, 0.2) is 0 Å². The van der Waals surface area contributed by atoms with Gasteiger partial charge in [0.2, 0.25) is 0 Å². The maximum Gasteiger partial charge on any atom is 0.181 e. The SMILES string of the molecule is C1CC(=[N+]2CCCC2)C2CCC(C1)O2. The average molecular weight is 194 g/mol. The Kier molecular flexibility index (Phi) is 2.32. The number of nitrogens with zero attached hydrogens (tertiary/aromatic N) is 1. The predicted octanol–water partition coefficient (Wildman–Crippen LogP) is 1.97. The Labute approximate surface area is 86.0 Å². The monoisotopic (exact) mass is 194 g/mol. The number of rotatable bonds is 0. The van der Waals surface area contributed by atoms with E-state index in [-0.39, 0.29) is 0 Å². The van der Waals surface area contributed by atoms with Gasteiger partial charge in [-0.2, -0.15) is 0 Å². The molecule has 2 unspecified atom stereocenters. The molecule has 14 heavy (non-hydrogen) atoms. The van der Waals surface area contributed by atoms with Crippen molar-refractivity contribution in [3.63, 3.8) is 0 Å². The van der Waals surface area contributed by atoms with Crippen LogP contribution in [0, 0.1) is 0 Å². The molecule has 3 aliphatic rings. The molecule has 0 N–H and O–H groups in total. The van der Waals surface area contributed by atoms with Crippen molar-refractivity contribution in [1.29, 1.82) is 0 Å². The van der Waals surface area contributed by atoms with Crippen molar-refractivity contribution in [3.8, 4) is 0 Å².